The van der Waals surface area contributed by atoms with E-state index in [1.165, 1.54) is 0 Å². The molecule has 5 rings (SSSR count). The SMILES string of the molecule is O=C(CSc1nc2ccccc2c(=O)n1NC(=O)CCc1c[nH]c2ccccc12)NCc1ccccc1. The third-order valence-electron chi connectivity index (χ3n) is 5.94. The van der Waals surface area contributed by atoms with Gasteiger partial charge in [-0.1, -0.05) is 72.4 Å². The molecule has 0 saturated carbocycles. The number of para-hydroxylation sites is 2. The monoisotopic (exact) mass is 511 g/mol. The van der Waals surface area contributed by atoms with Crippen LogP contribution in [0.1, 0.15) is 17.5 Å². The van der Waals surface area contributed by atoms with Gasteiger partial charge in [-0.3, -0.25) is 19.8 Å². The molecule has 0 radical (unpaired) electrons. The summed E-state index contributed by atoms with van der Waals surface area (Å²) >= 11 is 1.10. The normalized spacial score (nSPS) is 11.0. The van der Waals surface area contributed by atoms with E-state index < -0.39 is 5.56 Å². The molecule has 8 nitrogen and oxygen atoms in total. The Morgan fingerprint density at radius 3 is 2.46 bits per heavy atom. The average Bonchev–Trinajstić information content (AvgIpc) is 3.35. The van der Waals surface area contributed by atoms with E-state index in [-0.39, 0.29) is 29.1 Å². The number of hydrogen-bond donors (Lipinski definition) is 3. The summed E-state index contributed by atoms with van der Waals surface area (Å²) in [5.41, 5.74) is 5.84. The summed E-state index contributed by atoms with van der Waals surface area (Å²) in [5.74, 6) is -0.476. The zero-order valence-electron chi connectivity index (χ0n) is 19.9. The van der Waals surface area contributed by atoms with Crippen LogP contribution in [-0.4, -0.2) is 32.2 Å². The Bertz CT molecular complexity index is 1630. The van der Waals surface area contributed by atoms with Gasteiger partial charge in [-0.15, -0.1) is 0 Å². The highest BCUT2D eigenvalue weighted by Crippen LogP contribution is 2.20. The smallest absolute Gasteiger partial charge is 0.281 e. The van der Waals surface area contributed by atoms with Crippen LogP contribution in [0.25, 0.3) is 21.8 Å². The van der Waals surface area contributed by atoms with Gasteiger partial charge in [0.2, 0.25) is 11.8 Å². The van der Waals surface area contributed by atoms with Gasteiger partial charge < -0.3 is 10.3 Å². The molecule has 37 heavy (non-hydrogen) atoms. The highest BCUT2D eigenvalue weighted by molar-refractivity contribution is 7.99. The first-order valence-corrected chi connectivity index (χ1v) is 12.9. The van der Waals surface area contributed by atoms with Crippen molar-refractivity contribution in [3.8, 4) is 0 Å². The van der Waals surface area contributed by atoms with Gasteiger partial charge in [-0.25, -0.2) is 4.98 Å². The lowest BCUT2D eigenvalue weighted by Crippen LogP contribution is -2.35. The second-order valence-electron chi connectivity index (χ2n) is 8.50. The minimum atomic E-state index is -0.391. The van der Waals surface area contributed by atoms with Crippen molar-refractivity contribution in [2.45, 2.75) is 24.5 Å². The first-order chi connectivity index (χ1) is 18.1. The highest BCUT2D eigenvalue weighted by Gasteiger charge is 2.16. The Balaban J connectivity index is 1.30. The van der Waals surface area contributed by atoms with E-state index >= 15 is 0 Å². The van der Waals surface area contributed by atoms with Crippen LogP contribution in [-0.2, 0) is 22.6 Å². The Morgan fingerprint density at radius 2 is 1.62 bits per heavy atom. The van der Waals surface area contributed by atoms with Crippen LogP contribution in [0.3, 0.4) is 0 Å². The highest BCUT2D eigenvalue weighted by atomic mass is 32.2. The Labute approximate surface area is 217 Å². The molecule has 0 saturated heterocycles. The number of H-pyrrole nitrogens is 1. The molecule has 2 amide bonds. The Kier molecular flexibility index (Phi) is 7.32. The fraction of sp³-hybridized carbons (Fsp3) is 0.143. The summed E-state index contributed by atoms with van der Waals surface area (Å²) < 4.78 is 1.15. The number of thioether (sulfide) groups is 1. The standard InChI is InChI=1S/C28H25N5O3S/c34-25(15-14-20-17-29-23-12-6-4-10-21(20)23)32-33-27(36)22-11-5-7-13-24(22)31-28(33)37-18-26(35)30-16-19-8-2-1-3-9-19/h1-13,17,29H,14-16,18H2,(H,30,35)(H,32,34). The largest absolute Gasteiger partial charge is 0.361 e. The number of aromatic nitrogens is 3. The lowest BCUT2D eigenvalue weighted by atomic mass is 10.1. The van der Waals surface area contributed by atoms with Crippen molar-refractivity contribution in [3.63, 3.8) is 0 Å². The number of carbonyl (C=O) groups is 2. The number of carbonyl (C=O) groups excluding carboxylic acids is 2. The maximum Gasteiger partial charge on any atom is 0.281 e. The summed E-state index contributed by atoms with van der Waals surface area (Å²) in [6.45, 7) is 0.406. The predicted molar refractivity (Wildman–Crippen MR) is 146 cm³/mol. The van der Waals surface area contributed by atoms with Crippen LogP contribution in [0.15, 0.2) is 95.0 Å². The van der Waals surface area contributed by atoms with E-state index in [1.807, 2.05) is 60.8 Å². The molecule has 2 aromatic heterocycles. The molecule has 3 N–H and O–H groups in total. The van der Waals surface area contributed by atoms with E-state index in [9.17, 15) is 14.4 Å². The van der Waals surface area contributed by atoms with Gasteiger partial charge in [-0.2, -0.15) is 4.68 Å². The topological polar surface area (TPSA) is 109 Å². The van der Waals surface area contributed by atoms with Crippen molar-refractivity contribution in [2.24, 2.45) is 0 Å². The van der Waals surface area contributed by atoms with Gasteiger partial charge in [-0.05, 0) is 35.7 Å². The number of nitrogens with zero attached hydrogens (tertiary/aromatic N) is 2. The van der Waals surface area contributed by atoms with Crippen molar-refractivity contribution in [3.05, 3.63) is 107 Å². The van der Waals surface area contributed by atoms with E-state index in [2.05, 4.69) is 20.7 Å². The van der Waals surface area contributed by atoms with Crippen molar-refractivity contribution in [1.29, 1.82) is 0 Å². The lowest BCUT2D eigenvalue weighted by Gasteiger charge is -2.14. The molecule has 2 heterocycles. The first-order valence-electron chi connectivity index (χ1n) is 11.9. The van der Waals surface area contributed by atoms with Crippen molar-refractivity contribution >= 4 is 45.4 Å². The van der Waals surface area contributed by atoms with Crippen LogP contribution < -0.4 is 16.3 Å². The summed E-state index contributed by atoms with van der Waals surface area (Å²) in [6, 6.07) is 24.5. The lowest BCUT2D eigenvalue weighted by molar-refractivity contribution is -0.119. The molecule has 9 heteroatoms. The van der Waals surface area contributed by atoms with Crippen molar-refractivity contribution < 1.29 is 9.59 Å². The maximum absolute atomic E-state index is 13.2. The fourth-order valence-electron chi connectivity index (χ4n) is 4.05. The second kappa shape index (κ2) is 11.1. The van der Waals surface area contributed by atoms with Crippen molar-refractivity contribution in [1.82, 2.24) is 20.0 Å². The number of benzene rings is 3. The Morgan fingerprint density at radius 1 is 0.892 bits per heavy atom. The van der Waals surface area contributed by atoms with Crippen LogP contribution in [0.4, 0.5) is 0 Å². The molecular weight excluding hydrogens is 486 g/mol. The molecule has 0 unspecified atom stereocenters. The number of rotatable bonds is 9. The first kappa shape index (κ1) is 24.3. The van der Waals surface area contributed by atoms with Gasteiger partial charge in [0.25, 0.3) is 5.56 Å². The number of nitrogens with one attached hydrogen (secondary N) is 3. The summed E-state index contributed by atoms with van der Waals surface area (Å²) in [6.07, 6.45) is 2.59. The van der Waals surface area contributed by atoms with Crippen LogP contribution in [0, 0.1) is 0 Å². The fourth-order valence-corrected chi connectivity index (χ4v) is 4.84. The molecule has 0 aliphatic rings. The number of aromatic amines is 1. The van der Waals surface area contributed by atoms with Gasteiger partial charge in [0.15, 0.2) is 5.16 Å². The number of amides is 2. The van der Waals surface area contributed by atoms with Gasteiger partial charge in [0.05, 0.1) is 16.7 Å². The third-order valence-corrected chi connectivity index (χ3v) is 6.88. The molecule has 3 aromatic carbocycles. The predicted octanol–water partition coefficient (Wildman–Crippen LogP) is 3.99. The van der Waals surface area contributed by atoms with E-state index in [4.69, 9.17) is 0 Å². The minimum Gasteiger partial charge on any atom is -0.361 e. The number of fused-ring (bicyclic) bond motifs is 2. The second-order valence-corrected chi connectivity index (χ2v) is 9.44. The van der Waals surface area contributed by atoms with Crippen molar-refractivity contribution in [2.75, 3.05) is 11.2 Å². The molecule has 0 aliphatic carbocycles. The quantitative estimate of drug-likeness (QED) is 0.205. The van der Waals surface area contributed by atoms with Crippen LogP contribution >= 0.6 is 11.8 Å². The Hall–Kier alpha value is -4.37. The molecule has 0 bridgehead atoms. The molecule has 186 valence electrons. The van der Waals surface area contributed by atoms with Crippen LogP contribution in [0.5, 0.6) is 0 Å². The molecule has 0 spiro atoms. The summed E-state index contributed by atoms with van der Waals surface area (Å²) in [4.78, 5) is 46.4. The van der Waals surface area contributed by atoms with Crippen LogP contribution in [0.2, 0.25) is 0 Å². The number of aryl methyl sites for hydroxylation is 1. The van der Waals surface area contributed by atoms with Gasteiger partial charge in [0.1, 0.15) is 0 Å². The molecule has 5 aromatic rings. The average molecular weight is 512 g/mol. The van der Waals surface area contributed by atoms with E-state index in [0.29, 0.717) is 23.9 Å². The zero-order valence-corrected chi connectivity index (χ0v) is 20.8. The minimum absolute atomic E-state index is 0.0445. The molecule has 0 atom stereocenters. The zero-order chi connectivity index (χ0) is 25.6. The summed E-state index contributed by atoms with van der Waals surface area (Å²) in [5, 5.41) is 4.57. The summed E-state index contributed by atoms with van der Waals surface area (Å²) in [7, 11) is 0. The maximum atomic E-state index is 13.2. The van der Waals surface area contributed by atoms with Gasteiger partial charge >= 0.3 is 0 Å². The molecular formula is C28H25N5O3S. The molecule has 0 fully saturated rings. The van der Waals surface area contributed by atoms with Gasteiger partial charge in [0, 0.05) is 30.1 Å². The molecule has 0 aliphatic heterocycles. The number of hydrogen-bond acceptors (Lipinski definition) is 5. The van der Waals surface area contributed by atoms with E-state index in [0.717, 1.165) is 38.5 Å². The third kappa shape index (κ3) is 5.73. The van der Waals surface area contributed by atoms with E-state index in [1.54, 1.807) is 24.3 Å².